The second-order valence-corrected chi connectivity index (χ2v) is 6.53. The van der Waals surface area contributed by atoms with Crippen LogP contribution in [0, 0.1) is 6.42 Å². The minimum atomic E-state index is 0.909. The molecule has 0 aliphatic rings. The molecule has 1 nitrogen and oxygen atoms in total. The summed E-state index contributed by atoms with van der Waals surface area (Å²) in [5, 5.41) is 0. The zero-order valence-corrected chi connectivity index (χ0v) is 15.1. The van der Waals surface area contributed by atoms with Crippen LogP contribution in [0.25, 0.3) is 11.1 Å². The lowest BCUT2D eigenvalue weighted by atomic mass is 10.0. The van der Waals surface area contributed by atoms with Crippen LogP contribution in [0.15, 0.2) is 72.8 Å². The molecule has 125 valence electrons. The predicted octanol–water partition coefficient (Wildman–Crippen LogP) is 5.88. The molecule has 2 aromatic rings. The van der Waals surface area contributed by atoms with Gasteiger partial charge >= 0.3 is 0 Å². The minimum absolute atomic E-state index is 0.909. The van der Waals surface area contributed by atoms with E-state index >= 15 is 0 Å². The molecule has 0 N–H and O–H groups in total. The molecule has 1 radical (unpaired) electrons. The molecule has 0 unspecified atom stereocenters. The van der Waals surface area contributed by atoms with Crippen LogP contribution < -0.4 is 0 Å². The Kier molecular flexibility index (Phi) is 7.02. The van der Waals surface area contributed by atoms with Crippen molar-refractivity contribution in [2.45, 2.75) is 26.8 Å². The highest BCUT2D eigenvalue weighted by molar-refractivity contribution is 5.64. The number of rotatable bonds is 8. The van der Waals surface area contributed by atoms with E-state index in [1.165, 1.54) is 27.8 Å². The van der Waals surface area contributed by atoms with Crippen molar-refractivity contribution in [3.05, 3.63) is 90.4 Å². The Balaban J connectivity index is 1.98. The number of allylic oxidation sites excluding steroid dienone is 2. The Bertz CT molecular complexity index is 658. The highest BCUT2D eigenvalue weighted by Crippen LogP contribution is 2.21. The topological polar surface area (TPSA) is 3.24 Å². The lowest BCUT2D eigenvalue weighted by Gasteiger charge is -2.14. The van der Waals surface area contributed by atoms with E-state index in [0.717, 1.165) is 19.5 Å². The van der Waals surface area contributed by atoms with E-state index in [9.17, 15) is 0 Å². The highest BCUT2D eigenvalue weighted by atomic mass is 15.1. The van der Waals surface area contributed by atoms with Crippen LogP contribution in [0.1, 0.15) is 31.4 Å². The van der Waals surface area contributed by atoms with Crippen molar-refractivity contribution in [2.24, 2.45) is 0 Å². The molecule has 2 rings (SSSR count). The van der Waals surface area contributed by atoms with Crippen molar-refractivity contribution >= 4 is 0 Å². The average Bonchev–Trinajstić information content (AvgIpc) is 2.56. The number of hydrogen-bond acceptors (Lipinski definition) is 1. The number of hydrogen-bond donors (Lipinski definition) is 0. The summed E-state index contributed by atoms with van der Waals surface area (Å²) >= 11 is 0. The molecule has 0 saturated carbocycles. The summed E-state index contributed by atoms with van der Waals surface area (Å²) in [6.07, 6.45) is 7.44. The lowest BCUT2D eigenvalue weighted by molar-refractivity contribution is 0.364. The maximum atomic E-state index is 3.78. The van der Waals surface area contributed by atoms with E-state index in [1.807, 2.05) is 6.08 Å². The third-order valence-electron chi connectivity index (χ3n) is 3.97. The van der Waals surface area contributed by atoms with Gasteiger partial charge in [0.2, 0.25) is 0 Å². The number of benzene rings is 2. The van der Waals surface area contributed by atoms with Crippen molar-refractivity contribution in [1.29, 1.82) is 0 Å². The smallest absolute Gasteiger partial charge is 0.0233 e. The molecule has 24 heavy (non-hydrogen) atoms. The molecule has 1 heteroatoms. The fraction of sp³-hybridized carbons (Fsp3) is 0.261. The van der Waals surface area contributed by atoms with Gasteiger partial charge in [0.25, 0.3) is 0 Å². The Hall–Kier alpha value is -2.12. The highest BCUT2D eigenvalue weighted by Gasteiger charge is 2.01. The molecule has 0 spiro atoms. The van der Waals surface area contributed by atoms with Gasteiger partial charge in [-0.2, -0.15) is 0 Å². The Morgan fingerprint density at radius 1 is 0.958 bits per heavy atom. The standard InChI is InChI=1S/C23H28N/c1-5-17-24(4)18-21-11-15-23(16-12-21)22-13-9-20(10-14-22)8-6-7-19(2)3/h5,7-16H,1,6,17-18H2,2-4H3. The normalized spacial score (nSPS) is 10.7. The van der Waals surface area contributed by atoms with Crippen LogP contribution in [-0.2, 0) is 6.54 Å². The molecular weight excluding hydrogens is 290 g/mol. The zero-order chi connectivity index (χ0) is 17.4. The first-order valence-corrected chi connectivity index (χ1v) is 8.54. The first-order chi connectivity index (χ1) is 11.6. The molecule has 0 fully saturated rings. The molecule has 2 aromatic carbocycles. The Labute approximate surface area is 147 Å². The van der Waals surface area contributed by atoms with Crippen LogP contribution in [0.5, 0.6) is 0 Å². The molecule has 0 atom stereocenters. The fourth-order valence-corrected chi connectivity index (χ4v) is 2.64. The van der Waals surface area contributed by atoms with E-state index in [4.69, 9.17) is 0 Å². The van der Waals surface area contributed by atoms with Crippen LogP contribution in [0.4, 0.5) is 0 Å². The van der Waals surface area contributed by atoms with E-state index < -0.39 is 0 Å². The van der Waals surface area contributed by atoms with Gasteiger partial charge in [-0.1, -0.05) is 66.3 Å². The second-order valence-electron chi connectivity index (χ2n) is 6.53. The summed E-state index contributed by atoms with van der Waals surface area (Å²) in [6, 6.07) is 17.6. The van der Waals surface area contributed by atoms with Crippen molar-refractivity contribution in [3.8, 4) is 11.1 Å². The molecule has 0 aliphatic heterocycles. The SMILES string of the molecule is C=CCN(C)Cc1ccc(-c2ccc([CH]CC=C(C)C)cc2)cc1. The van der Waals surface area contributed by atoms with Crippen LogP contribution in [0.2, 0.25) is 0 Å². The average molecular weight is 318 g/mol. The van der Waals surface area contributed by atoms with Gasteiger partial charge in [0.1, 0.15) is 0 Å². The van der Waals surface area contributed by atoms with Gasteiger partial charge in [-0.25, -0.2) is 0 Å². The lowest BCUT2D eigenvalue weighted by Crippen LogP contribution is -2.17. The fourth-order valence-electron chi connectivity index (χ4n) is 2.64. The van der Waals surface area contributed by atoms with E-state index in [-0.39, 0.29) is 0 Å². The molecule has 0 saturated heterocycles. The van der Waals surface area contributed by atoms with Crippen LogP contribution >= 0.6 is 0 Å². The molecular formula is C23H28N. The molecule has 0 aliphatic carbocycles. The van der Waals surface area contributed by atoms with Crippen molar-refractivity contribution in [3.63, 3.8) is 0 Å². The van der Waals surface area contributed by atoms with Crippen molar-refractivity contribution in [1.82, 2.24) is 4.90 Å². The second kappa shape index (κ2) is 9.24. The van der Waals surface area contributed by atoms with Gasteiger partial charge in [-0.15, -0.1) is 6.58 Å². The Morgan fingerprint density at radius 3 is 2.08 bits per heavy atom. The van der Waals surface area contributed by atoms with Crippen LogP contribution in [0.3, 0.4) is 0 Å². The molecule has 0 amide bonds. The summed E-state index contributed by atoms with van der Waals surface area (Å²) in [7, 11) is 2.11. The quantitative estimate of drug-likeness (QED) is 0.549. The third-order valence-corrected chi connectivity index (χ3v) is 3.97. The van der Waals surface area contributed by atoms with Crippen molar-refractivity contribution in [2.75, 3.05) is 13.6 Å². The molecule has 0 bridgehead atoms. The summed E-state index contributed by atoms with van der Waals surface area (Å²) in [5.41, 5.74) is 6.50. The molecule has 0 heterocycles. The summed E-state index contributed by atoms with van der Waals surface area (Å²) in [5.74, 6) is 0. The summed E-state index contributed by atoms with van der Waals surface area (Å²) in [6.45, 7) is 9.91. The molecule has 0 aromatic heterocycles. The zero-order valence-electron chi connectivity index (χ0n) is 15.1. The summed E-state index contributed by atoms with van der Waals surface area (Å²) in [4.78, 5) is 2.25. The minimum Gasteiger partial charge on any atom is -0.298 e. The monoisotopic (exact) mass is 318 g/mol. The van der Waals surface area contributed by atoms with Gasteiger partial charge in [0, 0.05) is 13.1 Å². The maximum absolute atomic E-state index is 3.78. The van der Waals surface area contributed by atoms with Gasteiger partial charge in [-0.05, 0) is 56.0 Å². The van der Waals surface area contributed by atoms with Gasteiger partial charge in [0.05, 0.1) is 0 Å². The maximum Gasteiger partial charge on any atom is 0.0233 e. The largest absolute Gasteiger partial charge is 0.298 e. The van der Waals surface area contributed by atoms with Gasteiger partial charge in [0.15, 0.2) is 0 Å². The number of nitrogens with zero attached hydrogens (tertiary/aromatic N) is 1. The van der Waals surface area contributed by atoms with Gasteiger partial charge < -0.3 is 0 Å². The number of likely N-dealkylation sites (N-methyl/N-ethyl adjacent to an activating group) is 1. The van der Waals surface area contributed by atoms with Gasteiger partial charge in [-0.3, -0.25) is 4.90 Å². The van der Waals surface area contributed by atoms with Crippen molar-refractivity contribution < 1.29 is 0 Å². The predicted molar refractivity (Wildman–Crippen MR) is 106 cm³/mol. The van der Waals surface area contributed by atoms with E-state index in [2.05, 4.69) is 93.4 Å². The first kappa shape index (κ1) is 18.2. The summed E-state index contributed by atoms with van der Waals surface area (Å²) < 4.78 is 0. The van der Waals surface area contributed by atoms with E-state index in [1.54, 1.807) is 0 Å². The van der Waals surface area contributed by atoms with E-state index in [0.29, 0.717) is 0 Å². The van der Waals surface area contributed by atoms with Crippen LogP contribution in [-0.4, -0.2) is 18.5 Å². The first-order valence-electron chi connectivity index (χ1n) is 8.54. The Morgan fingerprint density at radius 2 is 1.54 bits per heavy atom. The third kappa shape index (κ3) is 5.82.